The van der Waals surface area contributed by atoms with Gasteiger partial charge in [0.1, 0.15) is 18.2 Å². The maximum absolute atomic E-state index is 13.0. The Kier molecular flexibility index (Phi) is 5.58. The van der Waals surface area contributed by atoms with Crippen LogP contribution in [0.1, 0.15) is 12.5 Å². The first-order valence-electron chi connectivity index (χ1n) is 7.16. The number of ether oxygens (including phenoxy) is 1. The third-order valence-corrected chi connectivity index (χ3v) is 3.38. The van der Waals surface area contributed by atoms with Crippen LogP contribution < -0.4 is 15.4 Å². The first kappa shape index (κ1) is 15.3. The van der Waals surface area contributed by atoms with Crippen LogP contribution in [0.4, 0.5) is 10.1 Å². The lowest BCUT2D eigenvalue weighted by atomic mass is 10.2. The van der Waals surface area contributed by atoms with Crippen molar-refractivity contribution in [3.63, 3.8) is 0 Å². The second-order valence-corrected chi connectivity index (χ2v) is 4.72. The maximum atomic E-state index is 13.0. The number of halogens is 1. The number of benzene rings is 2. The van der Waals surface area contributed by atoms with E-state index in [-0.39, 0.29) is 5.82 Å². The van der Waals surface area contributed by atoms with Crippen LogP contribution >= 0.6 is 0 Å². The number of hydrogen-bond donors (Lipinski definition) is 1. The fraction of sp³-hybridized carbons (Fsp3) is 0.294. The molecule has 0 amide bonds. The zero-order valence-corrected chi connectivity index (χ0v) is 12.3. The molecule has 0 saturated carbocycles. The molecule has 2 aromatic rings. The maximum Gasteiger partial charge on any atom is 0.123 e. The van der Waals surface area contributed by atoms with Crippen molar-refractivity contribution in [3.8, 4) is 5.75 Å². The van der Waals surface area contributed by atoms with E-state index in [9.17, 15) is 4.39 Å². The predicted octanol–water partition coefficient (Wildman–Crippen LogP) is 3.19. The van der Waals surface area contributed by atoms with Gasteiger partial charge in [0, 0.05) is 24.3 Å². The van der Waals surface area contributed by atoms with Crippen molar-refractivity contribution in [3.05, 3.63) is 59.9 Å². The molecule has 0 bridgehead atoms. The molecule has 112 valence electrons. The molecule has 0 aliphatic rings. The van der Waals surface area contributed by atoms with Gasteiger partial charge in [0.2, 0.25) is 0 Å². The zero-order chi connectivity index (χ0) is 15.1. The molecule has 2 aromatic carbocycles. The van der Waals surface area contributed by atoms with Gasteiger partial charge in [-0.1, -0.05) is 18.2 Å². The molecular formula is C17H21FN2O. The number of para-hydroxylation sites is 1. The van der Waals surface area contributed by atoms with Crippen LogP contribution in [0.2, 0.25) is 0 Å². The molecule has 0 atom stereocenters. The lowest BCUT2D eigenvalue weighted by Crippen LogP contribution is -2.28. The molecule has 21 heavy (non-hydrogen) atoms. The van der Waals surface area contributed by atoms with Gasteiger partial charge in [0.15, 0.2) is 0 Å². The molecule has 2 N–H and O–H groups in total. The predicted molar refractivity (Wildman–Crippen MR) is 84.1 cm³/mol. The van der Waals surface area contributed by atoms with E-state index in [0.29, 0.717) is 13.2 Å². The van der Waals surface area contributed by atoms with Gasteiger partial charge in [-0.3, -0.25) is 0 Å². The fourth-order valence-corrected chi connectivity index (χ4v) is 2.20. The topological polar surface area (TPSA) is 38.5 Å². The van der Waals surface area contributed by atoms with E-state index in [1.165, 1.54) is 12.1 Å². The second-order valence-electron chi connectivity index (χ2n) is 4.72. The van der Waals surface area contributed by atoms with Crippen LogP contribution in [0.5, 0.6) is 5.75 Å². The van der Waals surface area contributed by atoms with Crippen LogP contribution in [-0.2, 0) is 6.54 Å². The van der Waals surface area contributed by atoms with E-state index in [2.05, 4.69) is 11.8 Å². The first-order valence-corrected chi connectivity index (χ1v) is 7.16. The molecule has 0 spiro atoms. The summed E-state index contributed by atoms with van der Waals surface area (Å²) < 4.78 is 18.8. The average molecular weight is 288 g/mol. The van der Waals surface area contributed by atoms with E-state index in [1.807, 2.05) is 24.3 Å². The summed E-state index contributed by atoms with van der Waals surface area (Å²) >= 11 is 0. The summed E-state index contributed by atoms with van der Waals surface area (Å²) in [5.41, 5.74) is 7.68. The molecule has 3 nitrogen and oxygen atoms in total. The number of anilines is 1. The highest BCUT2D eigenvalue weighted by Gasteiger charge is 2.06. The van der Waals surface area contributed by atoms with E-state index >= 15 is 0 Å². The molecule has 0 aliphatic carbocycles. The summed E-state index contributed by atoms with van der Waals surface area (Å²) in [6.45, 7) is 4.67. The van der Waals surface area contributed by atoms with Crippen molar-refractivity contribution >= 4 is 5.69 Å². The molecule has 0 unspecified atom stereocenters. The third kappa shape index (κ3) is 4.20. The van der Waals surface area contributed by atoms with E-state index in [0.717, 1.165) is 30.1 Å². The summed E-state index contributed by atoms with van der Waals surface area (Å²) in [5, 5.41) is 0. The van der Waals surface area contributed by atoms with Crippen LogP contribution in [0.15, 0.2) is 48.5 Å². The van der Waals surface area contributed by atoms with Gasteiger partial charge in [0.05, 0.1) is 6.54 Å². The standard InChI is InChI=1S/C17H21FN2O/c1-2-20(16-9-7-15(18)8-10-16)11-12-21-17-6-4-3-5-14(17)13-19/h3-10H,2,11-13,19H2,1H3. The second kappa shape index (κ2) is 7.64. The minimum absolute atomic E-state index is 0.220. The average Bonchev–Trinajstić information content (AvgIpc) is 2.53. The fourth-order valence-electron chi connectivity index (χ4n) is 2.20. The summed E-state index contributed by atoms with van der Waals surface area (Å²) in [6.07, 6.45) is 0. The molecule has 4 heteroatoms. The minimum atomic E-state index is -0.220. The van der Waals surface area contributed by atoms with E-state index in [4.69, 9.17) is 10.5 Å². The van der Waals surface area contributed by atoms with E-state index < -0.39 is 0 Å². The largest absolute Gasteiger partial charge is 0.491 e. The Balaban J connectivity index is 1.93. The van der Waals surface area contributed by atoms with Gasteiger partial charge in [-0.25, -0.2) is 4.39 Å². The SMILES string of the molecule is CCN(CCOc1ccccc1CN)c1ccc(F)cc1. The number of nitrogens with zero attached hydrogens (tertiary/aromatic N) is 1. The summed E-state index contributed by atoms with van der Waals surface area (Å²) in [7, 11) is 0. The minimum Gasteiger partial charge on any atom is -0.491 e. The molecule has 2 rings (SSSR count). The molecule has 0 fully saturated rings. The summed E-state index contributed by atoms with van der Waals surface area (Å²) in [6, 6.07) is 14.3. The third-order valence-electron chi connectivity index (χ3n) is 3.38. The quantitative estimate of drug-likeness (QED) is 0.850. The molecule has 0 saturated heterocycles. The van der Waals surface area contributed by atoms with Crippen molar-refractivity contribution in [1.82, 2.24) is 0 Å². The van der Waals surface area contributed by atoms with Crippen molar-refractivity contribution in [2.24, 2.45) is 5.73 Å². The number of rotatable bonds is 7. The van der Waals surface area contributed by atoms with Gasteiger partial charge in [0.25, 0.3) is 0 Å². The van der Waals surface area contributed by atoms with E-state index in [1.54, 1.807) is 12.1 Å². The van der Waals surface area contributed by atoms with Crippen LogP contribution in [0.25, 0.3) is 0 Å². The summed E-state index contributed by atoms with van der Waals surface area (Å²) in [5.74, 6) is 0.609. The van der Waals surface area contributed by atoms with Crippen LogP contribution in [0.3, 0.4) is 0 Å². The van der Waals surface area contributed by atoms with Crippen molar-refractivity contribution in [2.45, 2.75) is 13.5 Å². The highest BCUT2D eigenvalue weighted by Crippen LogP contribution is 2.18. The molecular weight excluding hydrogens is 267 g/mol. The van der Waals surface area contributed by atoms with Crippen LogP contribution in [-0.4, -0.2) is 19.7 Å². The molecule has 0 heterocycles. The van der Waals surface area contributed by atoms with Gasteiger partial charge in [-0.15, -0.1) is 0 Å². The number of likely N-dealkylation sites (N-methyl/N-ethyl adjacent to an activating group) is 1. The Bertz CT molecular complexity index is 557. The van der Waals surface area contributed by atoms with Gasteiger partial charge >= 0.3 is 0 Å². The van der Waals surface area contributed by atoms with Gasteiger partial charge in [-0.2, -0.15) is 0 Å². The van der Waals surface area contributed by atoms with Crippen LogP contribution in [0, 0.1) is 5.82 Å². The molecule has 0 aliphatic heterocycles. The lowest BCUT2D eigenvalue weighted by molar-refractivity contribution is 0.321. The Morgan fingerprint density at radius 3 is 2.48 bits per heavy atom. The Morgan fingerprint density at radius 1 is 1.10 bits per heavy atom. The molecule has 0 radical (unpaired) electrons. The highest BCUT2D eigenvalue weighted by molar-refractivity contribution is 5.46. The number of hydrogen-bond acceptors (Lipinski definition) is 3. The Hall–Kier alpha value is -2.07. The first-order chi connectivity index (χ1) is 10.2. The van der Waals surface area contributed by atoms with Gasteiger partial charge < -0.3 is 15.4 Å². The smallest absolute Gasteiger partial charge is 0.123 e. The van der Waals surface area contributed by atoms with Gasteiger partial charge in [-0.05, 0) is 37.3 Å². The summed E-state index contributed by atoms with van der Waals surface area (Å²) in [4.78, 5) is 2.14. The number of nitrogens with two attached hydrogens (primary N) is 1. The Morgan fingerprint density at radius 2 is 1.81 bits per heavy atom. The van der Waals surface area contributed by atoms with Crippen molar-refractivity contribution in [2.75, 3.05) is 24.6 Å². The van der Waals surface area contributed by atoms with Crippen molar-refractivity contribution < 1.29 is 9.13 Å². The lowest BCUT2D eigenvalue weighted by Gasteiger charge is -2.23. The zero-order valence-electron chi connectivity index (χ0n) is 12.3. The monoisotopic (exact) mass is 288 g/mol. The van der Waals surface area contributed by atoms with Crippen molar-refractivity contribution in [1.29, 1.82) is 0 Å². The normalized spacial score (nSPS) is 10.4. The Labute approximate surface area is 125 Å². The highest BCUT2D eigenvalue weighted by atomic mass is 19.1. The molecule has 0 aromatic heterocycles.